The maximum absolute atomic E-state index is 12.7. The van der Waals surface area contributed by atoms with E-state index in [0.717, 1.165) is 33.1 Å². The number of methoxy groups -OCH3 is 1. The van der Waals surface area contributed by atoms with E-state index in [0.29, 0.717) is 18.7 Å². The number of nitrogens with zero attached hydrogens (tertiary/aromatic N) is 1. The van der Waals surface area contributed by atoms with Crippen LogP contribution in [0.25, 0.3) is 22.2 Å². The lowest BCUT2D eigenvalue weighted by molar-refractivity contribution is 0.0950. The smallest absolute Gasteiger partial charge is 0.252 e. The molecule has 0 saturated heterocycles. The third-order valence-corrected chi connectivity index (χ3v) is 4.39. The first kappa shape index (κ1) is 17.6. The summed E-state index contributed by atoms with van der Waals surface area (Å²) in [4.78, 5) is 17.4. The summed E-state index contributed by atoms with van der Waals surface area (Å²) in [5.41, 5.74) is 3.19. The van der Waals surface area contributed by atoms with E-state index in [4.69, 9.17) is 9.72 Å². The van der Waals surface area contributed by atoms with Crippen molar-refractivity contribution in [2.24, 2.45) is 0 Å². The van der Waals surface area contributed by atoms with E-state index in [1.807, 2.05) is 54.6 Å². The van der Waals surface area contributed by atoms with Gasteiger partial charge in [-0.2, -0.15) is 0 Å². The zero-order valence-electron chi connectivity index (χ0n) is 14.0. The Morgan fingerprint density at radius 3 is 2.80 bits per heavy atom. The first-order chi connectivity index (χ1) is 12.2. The largest absolute Gasteiger partial charge is 0.385 e. The fourth-order valence-electron chi connectivity index (χ4n) is 2.67. The van der Waals surface area contributed by atoms with E-state index in [9.17, 15) is 4.79 Å². The van der Waals surface area contributed by atoms with Crippen LogP contribution in [0.1, 0.15) is 16.8 Å². The lowest BCUT2D eigenvalue weighted by atomic mass is 10.0. The Kier molecular flexibility index (Phi) is 5.79. The van der Waals surface area contributed by atoms with Gasteiger partial charge in [0.2, 0.25) is 0 Å². The molecule has 0 spiro atoms. The predicted molar refractivity (Wildman–Crippen MR) is 104 cm³/mol. The van der Waals surface area contributed by atoms with Gasteiger partial charge in [0.1, 0.15) is 0 Å². The number of nitrogens with one attached hydrogen (secondary N) is 1. The van der Waals surface area contributed by atoms with Crippen LogP contribution in [0.15, 0.2) is 59.1 Å². The Labute approximate surface area is 155 Å². The highest BCUT2D eigenvalue weighted by atomic mass is 79.9. The molecule has 0 bridgehead atoms. The normalized spacial score (nSPS) is 10.8. The minimum absolute atomic E-state index is 0.0917. The third kappa shape index (κ3) is 4.24. The number of ether oxygens (including phenoxy) is 1. The number of halogens is 1. The lowest BCUT2D eigenvalue weighted by Crippen LogP contribution is -2.25. The fourth-order valence-corrected chi connectivity index (χ4v) is 3.07. The molecule has 0 atom stereocenters. The first-order valence-corrected chi connectivity index (χ1v) is 8.91. The van der Waals surface area contributed by atoms with Crippen LogP contribution < -0.4 is 5.32 Å². The summed E-state index contributed by atoms with van der Waals surface area (Å²) in [6, 6.07) is 17.5. The van der Waals surface area contributed by atoms with Crippen molar-refractivity contribution in [2.75, 3.05) is 20.3 Å². The number of benzene rings is 2. The van der Waals surface area contributed by atoms with Gasteiger partial charge in [-0.3, -0.25) is 4.79 Å². The molecule has 0 aliphatic carbocycles. The number of para-hydroxylation sites is 1. The number of pyridine rings is 1. The van der Waals surface area contributed by atoms with Gasteiger partial charge >= 0.3 is 0 Å². The van der Waals surface area contributed by atoms with E-state index < -0.39 is 0 Å². The van der Waals surface area contributed by atoms with Crippen molar-refractivity contribution < 1.29 is 9.53 Å². The lowest BCUT2D eigenvalue weighted by Gasteiger charge is -2.11. The molecule has 1 aromatic heterocycles. The summed E-state index contributed by atoms with van der Waals surface area (Å²) >= 11 is 3.49. The number of aromatic nitrogens is 1. The van der Waals surface area contributed by atoms with E-state index in [2.05, 4.69) is 21.2 Å². The van der Waals surface area contributed by atoms with Gasteiger partial charge in [-0.15, -0.1) is 0 Å². The van der Waals surface area contributed by atoms with Gasteiger partial charge in [-0.05, 0) is 30.7 Å². The second-order valence-corrected chi connectivity index (χ2v) is 6.60. The summed E-state index contributed by atoms with van der Waals surface area (Å²) in [5.74, 6) is -0.0917. The van der Waals surface area contributed by atoms with Crippen molar-refractivity contribution in [3.8, 4) is 11.3 Å². The number of amides is 1. The maximum Gasteiger partial charge on any atom is 0.252 e. The Balaban J connectivity index is 1.99. The summed E-state index contributed by atoms with van der Waals surface area (Å²) < 4.78 is 6.00. The minimum atomic E-state index is -0.0917. The number of fused-ring (bicyclic) bond motifs is 1. The summed E-state index contributed by atoms with van der Waals surface area (Å²) in [6.07, 6.45) is 0.781. The van der Waals surface area contributed by atoms with Crippen LogP contribution in [0, 0.1) is 0 Å². The van der Waals surface area contributed by atoms with Crippen LogP contribution in [0.2, 0.25) is 0 Å². The number of hydrogen-bond donors (Lipinski definition) is 1. The molecule has 1 heterocycles. The SMILES string of the molecule is COCCCNC(=O)c1cc(-c2cccc(Br)c2)nc2ccccc12. The molecule has 1 amide bonds. The fraction of sp³-hybridized carbons (Fsp3) is 0.200. The van der Waals surface area contributed by atoms with Crippen molar-refractivity contribution in [1.29, 1.82) is 0 Å². The van der Waals surface area contributed by atoms with E-state index in [-0.39, 0.29) is 5.91 Å². The highest BCUT2D eigenvalue weighted by Gasteiger charge is 2.13. The molecule has 128 valence electrons. The molecular weight excluding hydrogens is 380 g/mol. The van der Waals surface area contributed by atoms with Crippen LogP contribution in [-0.4, -0.2) is 31.2 Å². The van der Waals surface area contributed by atoms with Gasteiger partial charge in [0.15, 0.2) is 0 Å². The summed E-state index contributed by atoms with van der Waals surface area (Å²) in [7, 11) is 1.66. The van der Waals surface area contributed by atoms with Crippen molar-refractivity contribution in [3.63, 3.8) is 0 Å². The number of carbonyl (C=O) groups excluding carboxylic acids is 1. The predicted octanol–water partition coefficient (Wildman–Crippen LogP) is 4.43. The van der Waals surface area contributed by atoms with Crippen molar-refractivity contribution in [2.45, 2.75) is 6.42 Å². The van der Waals surface area contributed by atoms with Crippen LogP contribution in [0.5, 0.6) is 0 Å². The molecule has 0 fully saturated rings. The Hall–Kier alpha value is -2.24. The van der Waals surface area contributed by atoms with Crippen molar-refractivity contribution >= 4 is 32.7 Å². The molecule has 3 aromatic rings. The van der Waals surface area contributed by atoms with Crippen molar-refractivity contribution in [3.05, 3.63) is 64.6 Å². The molecule has 5 heteroatoms. The average molecular weight is 399 g/mol. The van der Waals surface area contributed by atoms with E-state index in [1.54, 1.807) is 7.11 Å². The minimum Gasteiger partial charge on any atom is -0.385 e. The topological polar surface area (TPSA) is 51.2 Å². The highest BCUT2D eigenvalue weighted by molar-refractivity contribution is 9.10. The second-order valence-electron chi connectivity index (χ2n) is 5.68. The number of hydrogen-bond acceptors (Lipinski definition) is 3. The standard InChI is InChI=1S/C20H19BrN2O2/c1-25-11-5-10-22-20(24)17-13-19(14-6-4-7-15(21)12-14)23-18-9-3-2-8-16(17)18/h2-4,6-9,12-13H,5,10-11H2,1H3,(H,22,24). The van der Waals surface area contributed by atoms with Crippen LogP contribution in [0.4, 0.5) is 0 Å². The third-order valence-electron chi connectivity index (χ3n) is 3.89. The highest BCUT2D eigenvalue weighted by Crippen LogP contribution is 2.26. The van der Waals surface area contributed by atoms with Gasteiger partial charge in [-0.1, -0.05) is 46.3 Å². The van der Waals surface area contributed by atoms with Crippen molar-refractivity contribution in [1.82, 2.24) is 10.3 Å². The zero-order chi connectivity index (χ0) is 17.6. The van der Waals surface area contributed by atoms with Gasteiger partial charge < -0.3 is 10.1 Å². The summed E-state index contributed by atoms with van der Waals surface area (Å²) in [6.45, 7) is 1.20. The molecule has 3 rings (SSSR count). The van der Waals surface area contributed by atoms with Crippen LogP contribution in [-0.2, 0) is 4.74 Å². The molecule has 25 heavy (non-hydrogen) atoms. The number of rotatable bonds is 6. The first-order valence-electron chi connectivity index (χ1n) is 8.12. The molecule has 0 radical (unpaired) electrons. The molecule has 0 unspecified atom stereocenters. The quantitative estimate of drug-likeness (QED) is 0.624. The number of carbonyl (C=O) groups is 1. The summed E-state index contributed by atoms with van der Waals surface area (Å²) in [5, 5.41) is 3.81. The molecule has 0 aliphatic rings. The van der Waals surface area contributed by atoms with Crippen LogP contribution in [0.3, 0.4) is 0 Å². The van der Waals surface area contributed by atoms with Gasteiger partial charge in [-0.25, -0.2) is 4.98 Å². The maximum atomic E-state index is 12.7. The molecule has 4 nitrogen and oxygen atoms in total. The zero-order valence-corrected chi connectivity index (χ0v) is 15.5. The van der Waals surface area contributed by atoms with Gasteiger partial charge in [0.25, 0.3) is 5.91 Å². The Morgan fingerprint density at radius 2 is 2.00 bits per heavy atom. The molecule has 1 N–H and O–H groups in total. The molecule has 0 aliphatic heterocycles. The second kappa shape index (κ2) is 8.23. The monoisotopic (exact) mass is 398 g/mol. The van der Waals surface area contributed by atoms with Gasteiger partial charge in [0.05, 0.1) is 16.8 Å². The van der Waals surface area contributed by atoms with Gasteiger partial charge in [0, 0.05) is 35.7 Å². The molecular formula is C20H19BrN2O2. The van der Waals surface area contributed by atoms with Crippen LogP contribution >= 0.6 is 15.9 Å². The molecule has 0 saturated carbocycles. The average Bonchev–Trinajstić information content (AvgIpc) is 2.64. The Morgan fingerprint density at radius 1 is 1.16 bits per heavy atom. The molecule has 2 aromatic carbocycles. The Bertz CT molecular complexity index is 896. The van der Waals surface area contributed by atoms with E-state index >= 15 is 0 Å². The van der Waals surface area contributed by atoms with E-state index in [1.165, 1.54) is 0 Å².